The van der Waals surface area contributed by atoms with E-state index in [1.54, 1.807) is 5.38 Å². The zero-order valence-corrected chi connectivity index (χ0v) is 11.5. The van der Waals surface area contributed by atoms with E-state index in [2.05, 4.69) is 10.1 Å². The highest BCUT2D eigenvalue weighted by molar-refractivity contribution is 7.12. The second kappa shape index (κ2) is 5.76. The van der Waals surface area contributed by atoms with Gasteiger partial charge in [0.2, 0.25) is 5.82 Å². The first kappa shape index (κ1) is 13.3. The predicted molar refractivity (Wildman–Crippen MR) is 75.3 cm³/mol. The molecule has 7 heteroatoms. The highest BCUT2D eigenvalue weighted by atomic mass is 32.1. The number of hydrogen-bond donors (Lipinski definition) is 1. The Labute approximate surface area is 123 Å². The normalized spacial score (nSPS) is 10.5. The molecule has 3 rings (SSSR count). The molecule has 0 amide bonds. The molecule has 6 nitrogen and oxygen atoms in total. The van der Waals surface area contributed by atoms with Crippen LogP contribution in [0.2, 0.25) is 0 Å². The number of hydrogen-bond acceptors (Lipinski definition) is 6. The Bertz CT molecular complexity index is 751. The number of thiophene rings is 1. The molecule has 0 aliphatic rings. The third-order valence-electron chi connectivity index (χ3n) is 2.65. The molecule has 0 spiro atoms. The van der Waals surface area contributed by atoms with Crippen LogP contribution in [0.3, 0.4) is 0 Å². The van der Waals surface area contributed by atoms with Crippen LogP contribution in [-0.2, 0) is 6.61 Å². The molecule has 2 aromatic heterocycles. The number of nitrogens with zero attached hydrogens (tertiary/aromatic N) is 2. The summed E-state index contributed by atoms with van der Waals surface area (Å²) in [6.45, 7) is 0.0929. The lowest BCUT2D eigenvalue weighted by Gasteiger charge is -1.97. The number of aromatic carboxylic acids is 1. The van der Waals surface area contributed by atoms with E-state index >= 15 is 0 Å². The maximum absolute atomic E-state index is 10.8. The first-order chi connectivity index (χ1) is 10.2. The van der Waals surface area contributed by atoms with Gasteiger partial charge in [-0.3, -0.25) is 0 Å². The summed E-state index contributed by atoms with van der Waals surface area (Å²) in [5, 5.41) is 14.3. The van der Waals surface area contributed by atoms with Crippen LogP contribution in [0.15, 0.2) is 46.3 Å². The number of rotatable bonds is 5. The summed E-state index contributed by atoms with van der Waals surface area (Å²) >= 11 is 1.10. The number of benzene rings is 1. The van der Waals surface area contributed by atoms with Crippen molar-refractivity contribution in [3.05, 3.63) is 52.5 Å². The fraction of sp³-hybridized carbons (Fsp3) is 0.0714. The average Bonchev–Trinajstić information content (AvgIpc) is 3.15. The third-order valence-corrected chi connectivity index (χ3v) is 3.55. The molecule has 1 aromatic carbocycles. The van der Waals surface area contributed by atoms with Crippen molar-refractivity contribution in [2.24, 2.45) is 0 Å². The zero-order chi connectivity index (χ0) is 14.7. The van der Waals surface area contributed by atoms with Gasteiger partial charge >= 0.3 is 5.97 Å². The lowest BCUT2D eigenvalue weighted by molar-refractivity contribution is 0.0702. The molecule has 0 saturated carbocycles. The monoisotopic (exact) mass is 302 g/mol. The summed E-state index contributed by atoms with van der Waals surface area (Å²) < 4.78 is 10.5. The predicted octanol–water partition coefficient (Wildman–Crippen LogP) is 3.08. The van der Waals surface area contributed by atoms with Crippen molar-refractivity contribution < 1.29 is 19.2 Å². The molecular weight excluding hydrogens is 292 g/mol. The lowest BCUT2D eigenvalue weighted by Crippen LogP contribution is -1.95. The average molecular weight is 302 g/mol. The summed E-state index contributed by atoms with van der Waals surface area (Å²) in [6.07, 6.45) is 0. The maximum atomic E-state index is 10.8. The van der Waals surface area contributed by atoms with Crippen LogP contribution in [0.25, 0.3) is 11.4 Å². The fourth-order valence-corrected chi connectivity index (χ4v) is 2.33. The Morgan fingerprint density at radius 2 is 2.14 bits per heavy atom. The van der Waals surface area contributed by atoms with Crippen molar-refractivity contribution in [3.63, 3.8) is 0 Å². The van der Waals surface area contributed by atoms with Gasteiger partial charge in [0.05, 0.1) is 0 Å². The van der Waals surface area contributed by atoms with Crippen molar-refractivity contribution in [1.29, 1.82) is 0 Å². The summed E-state index contributed by atoms with van der Waals surface area (Å²) in [5.41, 5.74) is 0.858. The highest BCUT2D eigenvalue weighted by Crippen LogP contribution is 2.22. The van der Waals surface area contributed by atoms with Crippen LogP contribution in [0, 0.1) is 0 Å². The van der Waals surface area contributed by atoms with Gasteiger partial charge in [-0.25, -0.2) is 4.79 Å². The van der Waals surface area contributed by atoms with Gasteiger partial charge in [-0.15, -0.1) is 11.3 Å². The van der Waals surface area contributed by atoms with Crippen LogP contribution in [0.1, 0.15) is 15.6 Å². The maximum Gasteiger partial charge on any atom is 0.346 e. The van der Waals surface area contributed by atoms with E-state index in [0.29, 0.717) is 17.5 Å². The molecule has 0 bridgehead atoms. The second-order valence-corrected chi connectivity index (χ2v) is 5.03. The van der Waals surface area contributed by atoms with Crippen LogP contribution in [0.4, 0.5) is 0 Å². The topological polar surface area (TPSA) is 85.5 Å². The molecule has 106 valence electrons. The Morgan fingerprint density at radius 1 is 1.33 bits per heavy atom. The molecule has 0 fully saturated rings. The molecular formula is C14H10N2O4S. The van der Waals surface area contributed by atoms with Gasteiger partial charge < -0.3 is 14.4 Å². The van der Waals surface area contributed by atoms with Crippen molar-refractivity contribution in [2.75, 3.05) is 0 Å². The van der Waals surface area contributed by atoms with E-state index in [1.165, 1.54) is 6.07 Å². The molecule has 2 heterocycles. The van der Waals surface area contributed by atoms with Crippen molar-refractivity contribution in [1.82, 2.24) is 10.1 Å². The summed E-state index contributed by atoms with van der Waals surface area (Å²) in [6, 6.07) is 10.9. The van der Waals surface area contributed by atoms with Crippen molar-refractivity contribution >= 4 is 17.3 Å². The third kappa shape index (κ3) is 3.09. The number of carbonyl (C=O) groups is 1. The molecule has 0 atom stereocenters. The van der Waals surface area contributed by atoms with E-state index in [-0.39, 0.29) is 11.5 Å². The number of aromatic nitrogens is 2. The van der Waals surface area contributed by atoms with Gasteiger partial charge in [0, 0.05) is 17.0 Å². The minimum absolute atomic E-state index is 0.0929. The van der Waals surface area contributed by atoms with Crippen molar-refractivity contribution in [2.45, 2.75) is 6.61 Å². The number of carboxylic acid groups (broad SMARTS) is 1. The van der Waals surface area contributed by atoms with Crippen LogP contribution < -0.4 is 4.74 Å². The van der Waals surface area contributed by atoms with E-state index in [4.69, 9.17) is 14.4 Å². The highest BCUT2D eigenvalue weighted by Gasteiger charge is 2.11. The van der Waals surface area contributed by atoms with E-state index < -0.39 is 5.97 Å². The van der Waals surface area contributed by atoms with Gasteiger partial charge in [0.15, 0.2) is 6.61 Å². The Hall–Kier alpha value is -2.67. The molecule has 0 aliphatic carbocycles. The summed E-state index contributed by atoms with van der Waals surface area (Å²) in [4.78, 5) is 15.2. The van der Waals surface area contributed by atoms with Gasteiger partial charge in [-0.05, 0) is 0 Å². The number of carboxylic acids is 1. The van der Waals surface area contributed by atoms with Gasteiger partial charge in [0.25, 0.3) is 5.89 Å². The molecule has 0 radical (unpaired) electrons. The zero-order valence-electron chi connectivity index (χ0n) is 10.7. The van der Waals surface area contributed by atoms with Crippen LogP contribution >= 0.6 is 11.3 Å². The van der Waals surface area contributed by atoms with Gasteiger partial charge in [-0.2, -0.15) is 4.98 Å². The standard InChI is InChI=1S/C14H10N2O4S/c17-14(18)11-6-10(8-21-11)19-7-12-15-13(16-20-12)9-4-2-1-3-5-9/h1-6,8H,7H2,(H,17,18). The van der Waals surface area contributed by atoms with E-state index in [0.717, 1.165) is 16.9 Å². The van der Waals surface area contributed by atoms with Gasteiger partial charge in [-0.1, -0.05) is 35.5 Å². The Balaban J connectivity index is 1.66. The fourth-order valence-electron chi connectivity index (χ4n) is 1.67. The molecule has 0 aliphatic heterocycles. The summed E-state index contributed by atoms with van der Waals surface area (Å²) in [5.74, 6) is 0.318. The minimum atomic E-state index is -0.973. The molecule has 21 heavy (non-hydrogen) atoms. The largest absolute Gasteiger partial charge is 0.483 e. The lowest BCUT2D eigenvalue weighted by atomic mass is 10.2. The molecule has 1 N–H and O–H groups in total. The number of ether oxygens (including phenoxy) is 1. The second-order valence-electron chi connectivity index (χ2n) is 4.12. The molecule has 0 saturated heterocycles. The van der Waals surface area contributed by atoms with Gasteiger partial charge in [0.1, 0.15) is 10.6 Å². The molecule has 3 aromatic rings. The SMILES string of the molecule is O=C(O)c1cc(OCc2nc(-c3ccccc3)no2)cs1. The first-order valence-electron chi connectivity index (χ1n) is 6.05. The summed E-state index contributed by atoms with van der Waals surface area (Å²) in [7, 11) is 0. The van der Waals surface area contributed by atoms with Crippen molar-refractivity contribution in [3.8, 4) is 17.1 Å². The van der Waals surface area contributed by atoms with Crippen LogP contribution in [0.5, 0.6) is 5.75 Å². The van der Waals surface area contributed by atoms with Crippen LogP contribution in [-0.4, -0.2) is 21.2 Å². The minimum Gasteiger partial charge on any atom is -0.483 e. The Kier molecular flexibility index (Phi) is 3.65. The smallest absolute Gasteiger partial charge is 0.346 e. The van der Waals surface area contributed by atoms with E-state index in [1.807, 2.05) is 30.3 Å². The molecule has 0 unspecified atom stereocenters. The van der Waals surface area contributed by atoms with E-state index in [9.17, 15) is 4.79 Å². The first-order valence-corrected chi connectivity index (χ1v) is 6.93. The quantitative estimate of drug-likeness (QED) is 0.779. The Morgan fingerprint density at radius 3 is 2.86 bits per heavy atom.